The Morgan fingerprint density at radius 2 is 2.10 bits per heavy atom. The lowest BCUT2D eigenvalue weighted by atomic mass is 10.1. The molecule has 7 nitrogen and oxygen atoms in total. The lowest BCUT2D eigenvalue weighted by molar-refractivity contribution is 0.0591. The lowest BCUT2D eigenvalue weighted by Crippen LogP contribution is -2.49. The Morgan fingerprint density at radius 1 is 1.29 bits per heavy atom. The van der Waals surface area contributed by atoms with Gasteiger partial charge in [-0.15, -0.1) is 0 Å². The third-order valence-electron chi connectivity index (χ3n) is 5.75. The maximum absolute atomic E-state index is 13.8. The molecule has 0 radical (unpaired) electrons. The van der Waals surface area contributed by atoms with Gasteiger partial charge in [-0.05, 0) is 59.6 Å². The molecule has 158 valence electrons. The van der Waals surface area contributed by atoms with E-state index in [-0.39, 0.29) is 23.3 Å². The highest BCUT2D eigenvalue weighted by molar-refractivity contribution is 9.10. The molecule has 1 atom stereocenters. The first-order valence-corrected chi connectivity index (χ1v) is 10.6. The van der Waals surface area contributed by atoms with E-state index in [9.17, 15) is 14.0 Å². The van der Waals surface area contributed by atoms with Crippen molar-refractivity contribution >= 4 is 32.7 Å². The van der Waals surface area contributed by atoms with E-state index in [2.05, 4.69) is 25.9 Å². The standard InChI is InChI=1S/C22H19BrFN5O2/c1-12-8-27(11-26-12)19-3-4-20-22(31)28(13(2)9-29(20)21(19)30)10-14-7-25-18-6-17(24)16(23)5-15(14)18/h3-8,11,13,25H,9-10H2,1-2H3. The minimum atomic E-state index is -0.347. The molecule has 31 heavy (non-hydrogen) atoms. The summed E-state index contributed by atoms with van der Waals surface area (Å²) in [5.41, 5.74) is 2.96. The fourth-order valence-corrected chi connectivity index (χ4v) is 4.45. The van der Waals surface area contributed by atoms with E-state index in [1.165, 1.54) is 10.6 Å². The first-order valence-electron chi connectivity index (χ1n) is 9.84. The molecule has 4 aromatic rings. The van der Waals surface area contributed by atoms with Gasteiger partial charge in [0, 0.05) is 42.4 Å². The third kappa shape index (κ3) is 3.20. The maximum Gasteiger partial charge on any atom is 0.275 e. The van der Waals surface area contributed by atoms with Crippen LogP contribution in [0.5, 0.6) is 0 Å². The van der Waals surface area contributed by atoms with E-state index in [1.807, 2.05) is 13.8 Å². The average Bonchev–Trinajstić information content (AvgIpc) is 3.32. The Labute approximate surface area is 185 Å². The van der Waals surface area contributed by atoms with Gasteiger partial charge in [-0.1, -0.05) is 0 Å². The number of nitrogens with one attached hydrogen (secondary N) is 1. The van der Waals surface area contributed by atoms with Gasteiger partial charge >= 0.3 is 0 Å². The number of pyridine rings is 1. The lowest BCUT2D eigenvalue weighted by Gasteiger charge is -2.35. The van der Waals surface area contributed by atoms with Crippen molar-refractivity contribution in [3.63, 3.8) is 0 Å². The molecule has 1 N–H and O–H groups in total. The number of aromatic amines is 1. The third-order valence-corrected chi connectivity index (χ3v) is 6.36. The largest absolute Gasteiger partial charge is 0.361 e. The summed E-state index contributed by atoms with van der Waals surface area (Å²) in [6.07, 6.45) is 5.17. The summed E-state index contributed by atoms with van der Waals surface area (Å²) >= 11 is 3.23. The molecule has 0 saturated carbocycles. The second-order valence-corrected chi connectivity index (χ2v) is 8.70. The highest BCUT2D eigenvalue weighted by Crippen LogP contribution is 2.28. The highest BCUT2D eigenvalue weighted by atomic mass is 79.9. The molecule has 1 unspecified atom stereocenters. The van der Waals surface area contributed by atoms with Crippen molar-refractivity contribution in [2.75, 3.05) is 0 Å². The number of aryl methyl sites for hydroxylation is 1. The first-order chi connectivity index (χ1) is 14.8. The van der Waals surface area contributed by atoms with E-state index < -0.39 is 0 Å². The average molecular weight is 484 g/mol. The van der Waals surface area contributed by atoms with Gasteiger partial charge in [0.25, 0.3) is 11.5 Å². The van der Waals surface area contributed by atoms with Crippen LogP contribution in [0.1, 0.15) is 28.7 Å². The van der Waals surface area contributed by atoms with Crippen molar-refractivity contribution in [3.05, 3.63) is 80.6 Å². The summed E-state index contributed by atoms with van der Waals surface area (Å²) in [7, 11) is 0. The van der Waals surface area contributed by atoms with Crippen LogP contribution in [-0.4, -0.2) is 36.0 Å². The number of imidazole rings is 1. The van der Waals surface area contributed by atoms with Crippen molar-refractivity contribution in [3.8, 4) is 5.69 Å². The van der Waals surface area contributed by atoms with Crippen LogP contribution in [0.25, 0.3) is 16.6 Å². The molecular weight excluding hydrogens is 465 g/mol. The van der Waals surface area contributed by atoms with E-state index in [1.54, 1.807) is 46.4 Å². The summed E-state index contributed by atoms with van der Waals surface area (Å²) in [6.45, 7) is 4.52. The number of amides is 1. The molecular formula is C22H19BrFN5O2. The molecule has 0 saturated heterocycles. The number of hydrogen-bond acceptors (Lipinski definition) is 3. The quantitative estimate of drug-likeness (QED) is 0.481. The van der Waals surface area contributed by atoms with Crippen LogP contribution in [0.15, 0.2) is 52.3 Å². The predicted octanol–water partition coefficient (Wildman–Crippen LogP) is 3.77. The minimum absolute atomic E-state index is 0.189. The summed E-state index contributed by atoms with van der Waals surface area (Å²) in [4.78, 5) is 35.4. The second kappa shape index (κ2) is 7.19. The molecule has 0 fully saturated rings. The summed E-state index contributed by atoms with van der Waals surface area (Å²) in [6, 6.07) is 6.30. The Morgan fingerprint density at radius 3 is 2.84 bits per heavy atom. The number of carbonyl (C=O) groups is 1. The molecule has 9 heteroatoms. The van der Waals surface area contributed by atoms with Crippen molar-refractivity contribution < 1.29 is 9.18 Å². The topological polar surface area (TPSA) is 75.9 Å². The van der Waals surface area contributed by atoms with Gasteiger partial charge in [0.2, 0.25) is 0 Å². The van der Waals surface area contributed by atoms with Crippen LogP contribution in [0, 0.1) is 12.7 Å². The number of rotatable bonds is 3. The Balaban J connectivity index is 1.51. The number of H-pyrrole nitrogens is 1. The van der Waals surface area contributed by atoms with Gasteiger partial charge in [-0.2, -0.15) is 0 Å². The van der Waals surface area contributed by atoms with E-state index in [0.717, 1.165) is 16.6 Å². The van der Waals surface area contributed by atoms with E-state index >= 15 is 0 Å². The molecule has 3 aromatic heterocycles. The van der Waals surface area contributed by atoms with Crippen LogP contribution < -0.4 is 5.56 Å². The molecule has 1 amide bonds. The monoisotopic (exact) mass is 483 g/mol. The van der Waals surface area contributed by atoms with Gasteiger partial charge < -0.3 is 19.0 Å². The van der Waals surface area contributed by atoms with E-state index in [4.69, 9.17) is 0 Å². The SMILES string of the molecule is Cc1cn(-c2ccc3n(c2=O)CC(C)N(Cc2c[nH]c4cc(F)c(Br)cc24)C3=O)cn1. The predicted molar refractivity (Wildman–Crippen MR) is 118 cm³/mol. The summed E-state index contributed by atoms with van der Waals surface area (Å²) < 4.78 is 17.4. The van der Waals surface area contributed by atoms with Crippen molar-refractivity contribution in [2.45, 2.75) is 33.0 Å². The second-order valence-electron chi connectivity index (χ2n) is 7.85. The normalized spacial score (nSPS) is 16.2. The smallest absolute Gasteiger partial charge is 0.275 e. The summed E-state index contributed by atoms with van der Waals surface area (Å²) in [5.74, 6) is -0.555. The molecule has 5 rings (SSSR count). The molecule has 0 aliphatic carbocycles. The molecule has 0 bridgehead atoms. The first kappa shape index (κ1) is 19.7. The van der Waals surface area contributed by atoms with Crippen LogP contribution in [-0.2, 0) is 13.1 Å². The highest BCUT2D eigenvalue weighted by Gasteiger charge is 2.31. The zero-order valence-electron chi connectivity index (χ0n) is 16.9. The Kier molecular flexibility index (Phi) is 4.58. The van der Waals surface area contributed by atoms with Crippen LogP contribution in [0.2, 0.25) is 0 Å². The number of carbonyl (C=O) groups excluding carboxylic acids is 1. The Hall–Kier alpha value is -3.20. The molecule has 1 aliphatic rings. The zero-order valence-corrected chi connectivity index (χ0v) is 18.5. The number of halogens is 2. The van der Waals surface area contributed by atoms with Gasteiger partial charge in [0.1, 0.15) is 17.2 Å². The number of nitrogens with zero attached hydrogens (tertiary/aromatic N) is 4. The van der Waals surface area contributed by atoms with Gasteiger partial charge in [0.15, 0.2) is 0 Å². The molecule has 1 aromatic carbocycles. The van der Waals surface area contributed by atoms with Crippen molar-refractivity contribution in [2.24, 2.45) is 0 Å². The molecule has 1 aliphatic heterocycles. The zero-order chi connectivity index (χ0) is 21.9. The number of aromatic nitrogens is 4. The minimum Gasteiger partial charge on any atom is -0.361 e. The van der Waals surface area contributed by atoms with Crippen LogP contribution in [0.3, 0.4) is 0 Å². The number of benzene rings is 1. The fourth-order valence-electron chi connectivity index (χ4n) is 4.11. The maximum atomic E-state index is 13.8. The molecule has 0 spiro atoms. The fraction of sp³-hybridized carbons (Fsp3) is 0.227. The Bertz CT molecular complexity index is 1400. The number of hydrogen-bond donors (Lipinski definition) is 1. The van der Waals surface area contributed by atoms with Crippen molar-refractivity contribution in [1.82, 2.24) is 24.0 Å². The number of fused-ring (bicyclic) bond motifs is 2. The molecule has 4 heterocycles. The van der Waals surface area contributed by atoms with Crippen LogP contribution >= 0.6 is 15.9 Å². The van der Waals surface area contributed by atoms with Gasteiger partial charge in [-0.3, -0.25) is 9.59 Å². The van der Waals surface area contributed by atoms with Crippen molar-refractivity contribution in [1.29, 1.82) is 0 Å². The van der Waals surface area contributed by atoms with E-state index in [0.29, 0.717) is 34.5 Å². The van der Waals surface area contributed by atoms with Gasteiger partial charge in [0.05, 0.1) is 16.5 Å². The van der Waals surface area contributed by atoms with Crippen LogP contribution in [0.4, 0.5) is 4.39 Å². The van der Waals surface area contributed by atoms with Gasteiger partial charge in [-0.25, -0.2) is 9.37 Å². The summed E-state index contributed by atoms with van der Waals surface area (Å²) in [5, 5.41) is 0.849.